The van der Waals surface area contributed by atoms with Crippen molar-refractivity contribution in [1.82, 2.24) is 4.98 Å². The summed E-state index contributed by atoms with van der Waals surface area (Å²) >= 11 is 12.2. The monoisotopic (exact) mass is 473 g/mol. The van der Waals surface area contributed by atoms with Crippen molar-refractivity contribution >= 4 is 49.9 Å². The lowest BCUT2D eigenvalue weighted by Crippen LogP contribution is -2.06. The van der Waals surface area contributed by atoms with E-state index < -0.39 is 15.8 Å². The van der Waals surface area contributed by atoms with Crippen molar-refractivity contribution in [1.29, 1.82) is 0 Å². The number of fused-ring (bicyclic) bond motifs is 1. The maximum atomic E-state index is 13.1. The summed E-state index contributed by atoms with van der Waals surface area (Å²) in [7, 11) is -3.78. The molecule has 0 saturated carbocycles. The van der Waals surface area contributed by atoms with Gasteiger partial charge in [0.1, 0.15) is 0 Å². The fourth-order valence-corrected chi connectivity index (χ4v) is 5.73. The van der Waals surface area contributed by atoms with E-state index in [0.29, 0.717) is 27.4 Å². The normalized spacial score (nSPS) is 11.7. The predicted octanol–water partition coefficient (Wildman–Crippen LogP) is 5.74. The van der Waals surface area contributed by atoms with E-state index >= 15 is 0 Å². The van der Waals surface area contributed by atoms with Gasteiger partial charge >= 0.3 is 5.97 Å². The Morgan fingerprint density at radius 3 is 2.48 bits per heavy atom. The lowest BCUT2D eigenvalue weighted by atomic mass is 10.0. The van der Waals surface area contributed by atoms with E-state index in [1.807, 2.05) is 24.3 Å². The Kier molecular flexibility index (Phi) is 5.79. The van der Waals surface area contributed by atoms with Crippen molar-refractivity contribution in [3.63, 3.8) is 0 Å². The molecule has 0 amide bonds. The molecule has 158 valence electrons. The highest BCUT2D eigenvalue weighted by molar-refractivity contribution is 7.90. The van der Waals surface area contributed by atoms with E-state index in [2.05, 4.69) is 4.98 Å². The summed E-state index contributed by atoms with van der Waals surface area (Å²) in [5, 5.41) is 10.7. The van der Waals surface area contributed by atoms with Crippen LogP contribution in [0.2, 0.25) is 10.0 Å². The Morgan fingerprint density at radius 1 is 0.968 bits per heavy atom. The third kappa shape index (κ3) is 4.46. The molecule has 0 aliphatic rings. The molecule has 0 spiro atoms. The van der Waals surface area contributed by atoms with Gasteiger partial charge in [0.15, 0.2) is 9.84 Å². The molecule has 0 atom stereocenters. The number of carboxylic acids is 1. The molecule has 0 bridgehead atoms. The molecular formula is C23H17Cl2NO4S. The average Bonchev–Trinajstić information content (AvgIpc) is 3.06. The standard InChI is InChI=1S/C23H17Cl2NO4S/c24-16-5-3-4-14(10-16)13-31(29,30)21-11-15(8-9-19(21)25)23-18(12-22(27)28)17-6-1-2-7-20(17)26-23/h1-11,26H,12-13H2,(H,27,28). The molecule has 0 aliphatic heterocycles. The molecule has 0 fully saturated rings. The number of benzene rings is 3. The van der Waals surface area contributed by atoms with Gasteiger partial charge in [0.2, 0.25) is 0 Å². The van der Waals surface area contributed by atoms with Crippen LogP contribution in [0.3, 0.4) is 0 Å². The molecular weight excluding hydrogens is 457 g/mol. The number of rotatable bonds is 6. The molecule has 4 aromatic rings. The minimum absolute atomic E-state index is 0.0217. The molecule has 1 aromatic heterocycles. The first-order valence-electron chi connectivity index (χ1n) is 9.33. The van der Waals surface area contributed by atoms with Crippen molar-refractivity contribution in [3.05, 3.63) is 87.9 Å². The Bertz CT molecular complexity index is 1410. The molecule has 0 saturated heterocycles. The number of sulfone groups is 1. The Hall–Kier alpha value is -2.80. The fourth-order valence-electron chi connectivity index (χ4n) is 3.60. The predicted molar refractivity (Wildman–Crippen MR) is 122 cm³/mol. The Morgan fingerprint density at radius 2 is 1.74 bits per heavy atom. The van der Waals surface area contributed by atoms with E-state index in [9.17, 15) is 18.3 Å². The van der Waals surface area contributed by atoms with Crippen molar-refractivity contribution in [2.45, 2.75) is 17.1 Å². The number of hydrogen-bond donors (Lipinski definition) is 2. The van der Waals surface area contributed by atoms with Crippen molar-refractivity contribution < 1.29 is 18.3 Å². The highest BCUT2D eigenvalue weighted by Gasteiger charge is 2.22. The van der Waals surface area contributed by atoms with E-state index in [1.54, 1.807) is 30.3 Å². The Labute approximate surface area is 189 Å². The second kappa shape index (κ2) is 8.38. The van der Waals surface area contributed by atoms with Crippen LogP contribution in [-0.2, 0) is 26.8 Å². The number of hydrogen-bond acceptors (Lipinski definition) is 3. The number of halogens is 2. The highest BCUT2D eigenvalue weighted by atomic mass is 35.5. The summed E-state index contributed by atoms with van der Waals surface area (Å²) in [5.74, 6) is -1.24. The van der Waals surface area contributed by atoms with Crippen LogP contribution in [0.1, 0.15) is 11.1 Å². The van der Waals surface area contributed by atoms with Gasteiger partial charge in [0.05, 0.1) is 27.8 Å². The Balaban J connectivity index is 1.82. The molecule has 0 unspecified atom stereocenters. The van der Waals surface area contributed by atoms with E-state index in [-0.39, 0.29) is 22.1 Å². The highest BCUT2D eigenvalue weighted by Crippen LogP contribution is 2.35. The fraction of sp³-hybridized carbons (Fsp3) is 0.0870. The maximum Gasteiger partial charge on any atom is 0.307 e. The smallest absolute Gasteiger partial charge is 0.307 e. The molecule has 3 aromatic carbocycles. The van der Waals surface area contributed by atoms with Crippen LogP contribution in [-0.4, -0.2) is 24.5 Å². The summed E-state index contributed by atoms with van der Waals surface area (Å²) in [4.78, 5) is 14.7. The van der Waals surface area contributed by atoms with Gasteiger partial charge in [-0.3, -0.25) is 4.79 Å². The number of aromatic amines is 1. The SMILES string of the molecule is O=C(O)Cc1c(-c2ccc(Cl)c(S(=O)(=O)Cc3cccc(Cl)c3)c2)[nH]c2ccccc12. The van der Waals surface area contributed by atoms with E-state index in [4.69, 9.17) is 23.2 Å². The van der Waals surface area contributed by atoms with Gasteiger partial charge in [-0.25, -0.2) is 8.42 Å². The van der Waals surface area contributed by atoms with Gasteiger partial charge in [0.25, 0.3) is 0 Å². The number of aliphatic carboxylic acids is 1. The van der Waals surface area contributed by atoms with Crippen molar-refractivity contribution in [2.75, 3.05) is 0 Å². The second-order valence-electron chi connectivity index (χ2n) is 7.13. The van der Waals surface area contributed by atoms with E-state index in [0.717, 1.165) is 10.9 Å². The molecule has 31 heavy (non-hydrogen) atoms. The van der Waals surface area contributed by atoms with Gasteiger partial charge in [0, 0.05) is 15.9 Å². The van der Waals surface area contributed by atoms with Crippen LogP contribution in [0, 0.1) is 0 Å². The van der Waals surface area contributed by atoms with Crippen LogP contribution in [0.4, 0.5) is 0 Å². The molecule has 0 radical (unpaired) electrons. The largest absolute Gasteiger partial charge is 0.481 e. The van der Waals surface area contributed by atoms with Gasteiger partial charge in [-0.05, 0) is 47.0 Å². The molecule has 1 heterocycles. The first-order valence-corrected chi connectivity index (χ1v) is 11.7. The number of H-pyrrole nitrogens is 1. The quantitative estimate of drug-likeness (QED) is 0.373. The zero-order valence-corrected chi connectivity index (χ0v) is 18.4. The van der Waals surface area contributed by atoms with Crippen LogP contribution >= 0.6 is 23.2 Å². The summed E-state index contributed by atoms with van der Waals surface area (Å²) in [6.07, 6.45) is -0.202. The van der Waals surface area contributed by atoms with Gasteiger partial charge in [-0.2, -0.15) is 0 Å². The van der Waals surface area contributed by atoms with Crippen LogP contribution in [0.25, 0.3) is 22.2 Å². The number of carbonyl (C=O) groups is 1. The summed E-state index contributed by atoms with van der Waals surface area (Å²) in [6.45, 7) is 0. The van der Waals surface area contributed by atoms with Gasteiger partial charge in [-0.15, -0.1) is 0 Å². The molecule has 5 nitrogen and oxygen atoms in total. The summed E-state index contributed by atoms with van der Waals surface area (Å²) in [5.41, 5.74) is 3.00. The number of carboxylic acid groups (broad SMARTS) is 1. The van der Waals surface area contributed by atoms with Gasteiger partial charge < -0.3 is 10.1 Å². The summed E-state index contributed by atoms with van der Waals surface area (Å²) in [6, 6.07) is 18.7. The molecule has 8 heteroatoms. The third-order valence-electron chi connectivity index (χ3n) is 4.94. The average molecular weight is 474 g/mol. The second-order valence-corrected chi connectivity index (χ2v) is 9.93. The van der Waals surface area contributed by atoms with Crippen molar-refractivity contribution in [2.24, 2.45) is 0 Å². The minimum Gasteiger partial charge on any atom is -0.481 e. The van der Waals surface area contributed by atoms with Crippen LogP contribution in [0.5, 0.6) is 0 Å². The number of aromatic nitrogens is 1. The number of para-hydroxylation sites is 1. The zero-order chi connectivity index (χ0) is 22.2. The molecule has 2 N–H and O–H groups in total. The lowest BCUT2D eigenvalue weighted by Gasteiger charge is -2.10. The zero-order valence-electron chi connectivity index (χ0n) is 16.1. The third-order valence-corrected chi connectivity index (χ3v) is 7.34. The molecule has 4 rings (SSSR count). The minimum atomic E-state index is -3.78. The topological polar surface area (TPSA) is 87.2 Å². The molecule has 0 aliphatic carbocycles. The number of nitrogens with one attached hydrogen (secondary N) is 1. The lowest BCUT2D eigenvalue weighted by molar-refractivity contribution is -0.136. The maximum absolute atomic E-state index is 13.1. The van der Waals surface area contributed by atoms with E-state index in [1.165, 1.54) is 12.1 Å². The van der Waals surface area contributed by atoms with Crippen LogP contribution < -0.4 is 0 Å². The first-order chi connectivity index (χ1) is 14.7. The van der Waals surface area contributed by atoms with Gasteiger partial charge in [-0.1, -0.05) is 59.6 Å². The van der Waals surface area contributed by atoms with Crippen molar-refractivity contribution in [3.8, 4) is 11.3 Å². The van der Waals surface area contributed by atoms with Crippen LogP contribution in [0.15, 0.2) is 71.6 Å². The summed E-state index contributed by atoms with van der Waals surface area (Å²) < 4.78 is 26.2. The first kappa shape index (κ1) is 21.4.